The maximum absolute atomic E-state index is 11.6. The summed E-state index contributed by atoms with van der Waals surface area (Å²) in [6.45, 7) is 12.5. The molecule has 1 rings (SSSR count). The van der Waals surface area contributed by atoms with Crippen LogP contribution in [0.15, 0.2) is 0 Å². The van der Waals surface area contributed by atoms with Crippen molar-refractivity contribution in [1.82, 2.24) is 19.6 Å². The Morgan fingerprint density at radius 2 is 0.852 bits per heavy atom. The molecule has 0 aromatic carbocycles. The Labute approximate surface area is 163 Å². The molecular weight excluding hydrogens is 348 g/mol. The molecule has 1 saturated heterocycles. The lowest BCUT2D eigenvalue weighted by Gasteiger charge is -2.33. The van der Waals surface area contributed by atoms with Crippen LogP contribution < -0.4 is 0 Å². The van der Waals surface area contributed by atoms with Gasteiger partial charge in [-0.25, -0.2) is 0 Å². The van der Waals surface area contributed by atoms with E-state index in [4.69, 9.17) is 0 Å². The van der Waals surface area contributed by atoms with Crippen molar-refractivity contribution in [3.05, 3.63) is 0 Å². The lowest BCUT2D eigenvalue weighted by atomic mass is 10.3. The summed E-state index contributed by atoms with van der Waals surface area (Å²) in [6, 6.07) is 0. The van der Waals surface area contributed by atoms with Crippen LogP contribution in [0, 0.1) is 0 Å². The van der Waals surface area contributed by atoms with E-state index in [9.17, 15) is 19.5 Å². The van der Waals surface area contributed by atoms with Crippen LogP contribution in [0.2, 0.25) is 0 Å². The topological polar surface area (TPSA) is 84.4 Å². The van der Waals surface area contributed by atoms with Crippen LogP contribution in [0.3, 0.4) is 0 Å². The van der Waals surface area contributed by atoms with E-state index in [1.54, 1.807) is 20.8 Å². The molecule has 1 aliphatic rings. The van der Waals surface area contributed by atoms with Crippen molar-refractivity contribution in [3.8, 4) is 0 Å². The zero-order valence-corrected chi connectivity index (χ0v) is 17.2. The number of β-amino-alcohol motifs (C(OH)–C–C–N with tert-alkyl or cyclic N) is 1. The van der Waals surface area contributed by atoms with E-state index in [0.717, 1.165) is 26.2 Å². The molecule has 0 aromatic rings. The van der Waals surface area contributed by atoms with Crippen LogP contribution in [-0.4, -0.2) is 127 Å². The minimum absolute atomic E-state index is 0.0891. The molecule has 0 saturated carbocycles. The molecule has 0 radical (unpaired) electrons. The minimum atomic E-state index is 0.0891. The molecule has 8 nitrogen and oxygen atoms in total. The summed E-state index contributed by atoms with van der Waals surface area (Å²) in [5.74, 6) is 0.371. The number of ketones is 3. The van der Waals surface area contributed by atoms with Crippen LogP contribution in [-0.2, 0) is 14.4 Å². The van der Waals surface area contributed by atoms with E-state index in [-0.39, 0.29) is 24.0 Å². The van der Waals surface area contributed by atoms with Crippen molar-refractivity contribution in [2.45, 2.75) is 20.8 Å². The third-order valence-electron chi connectivity index (χ3n) is 4.68. The highest BCUT2D eigenvalue weighted by atomic mass is 16.3. The highest BCUT2D eigenvalue weighted by molar-refractivity contribution is 5.78. The van der Waals surface area contributed by atoms with E-state index in [1.165, 1.54) is 0 Å². The lowest BCUT2D eigenvalue weighted by molar-refractivity contribution is -0.120. The predicted molar refractivity (Wildman–Crippen MR) is 105 cm³/mol. The van der Waals surface area contributed by atoms with Gasteiger partial charge in [0.15, 0.2) is 0 Å². The van der Waals surface area contributed by atoms with Gasteiger partial charge in [-0.05, 0) is 20.8 Å². The highest BCUT2D eigenvalue weighted by Gasteiger charge is 2.18. The molecule has 8 heteroatoms. The Kier molecular flexibility index (Phi) is 11.5. The largest absolute Gasteiger partial charge is 0.395 e. The molecule has 1 N–H and O–H groups in total. The molecule has 1 fully saturated rings. The number of aliphatic hydroxyl groups is 1. The van der Waals surface area contributed by atoms with Gasteiger partial charge in [-0.15, -0.1) is 0 Å². The number of rotatable bonds is 8. The molecule has 1 heterocycles. The van der Waals surface area contributed by atoms with Crippen LogP contribution >= 0.6 is 0 Å². The van der Waals surface area contributed by atoms with Gasteiger partial charge in [-0.1, -0.05) is 0 Å². The van der Waals surface area contributed by atoms with Gasteiger partial charge in [-0.3, -0.25) is 34.0 Å². The van der Waals surface area contributed by atoms with E-state index in [1.807, 2.05) is 0 Å². The van der Waals surface area contributed by atoms with Gasteiger partial charge in [0.2, 0.25) is 0 Å². The van der Waals surface area contributed by atoms with Crippen LogP contribution in [0.25, 0.3) is 0 Å². The number of Topliss-reactive ketones (excluding diaryl/α,β-unsaturated/α-hetero) is 3. The second kappa shape index (κ2) is 13.1. The van der Waals surface area contributed by atoms with Crippen LogP contribution in [0.4, 0.5) is 0 Å². The molecule has 0 aromatic heterocycles. The molecule has 0 amide bonds. The van der Waals surface area contributed by atoms with Crippen molar-refractivity contribution in [3.63, 3.8) is 0 Å². The van der Waals surface area contributed by atoms with Crippen LogP contribution in [0.1, 0.15) is 20.8 Å². The molecular formula is C19H36N4O4. The van der Waals surface area contributed by atoms with E-state index < -0.39 is 0 Å². The SMILES string of the molecule is CC(=O)CN1CCN(CCO)CCN(CC(C)=O)CCN(CC(C)=O)CC1. The second-order valence-corrected chi connectivity index (χ2v) is 7.50. The third kappa shape index (κ3) is 11.3. The first-order valence-corrected chi connectivity index (χ1v) is 9.78. The van der Waals surface area contributed by atoms with Crippen LogP contribution in [0.5, 0.6) is 0 Å². The molecule has 1 aliphatic heterocycles. The quantitative estimate of drug-likeness (QED) is 0.569. The van der Waals surface area contributed by atoms with E-state index in [0.29, 0.717) is 52.4 Å². The summed E-state index contributed by atoms with van der Waals surface area (Å²) in [6.07, 6.45) is 0. The summed E-state index contributed by atoms with van der Waals surface area (Å²) in [5, 5.41) is 9.33. The average Bonchev–Trinajstić information content (AvgIpc) is 2.56. The molecule has 0 unspecified atom stereocenters. The van der Waals surface area contributed by atoms with Crippen molar-refractivity contribution in [2.24, 2.45) is 0 Å². The van der Waals surface area contributed by atoms with E-state index >= 15 is 0 Å². The summed E-state index contributed by atoms with van der Waals surface area (Å²) in [5.41, 5.74) is 0. The minimum Gasteiger partial charge on any atom is -0.395 e. The zero-order valence-electron chi connectivity index (χ0n) is 17.2. The number of aliphatic hydroxyl groups excluding tert-OH is 1. The van der Waals surface area contributed by atoms with Crippen molar-refractivity contribution in [1.29, 1.82) is 0 Å². The van der Waals surface area contributed by atoms with Gasteiger partial charge < -0.3 is 5.11 Å². The predicted octanol–water partition coefficient (Wildman–Crippen LogP) is -1.03. The van der Waals surface area contributed by atoms with Gasteiger partial charge in [-0.2, -0.15) is 0 Å². The maximum atomic E-state index is 11.6. The lowest BCUT2D eigenvalue weighted by Crippen LogP contribution is -2.48. The normalized spacial score (nSPS) is 20.0. The Morgan fingerprint density at radius 1 is 0.593 bits per heavy atom. The zero-order chi connectivity index (χ0) is 20.2. The highest BCUT2D eigenvalue weighted by Crippen LogP contribution is 2.01. The van der Waals surface area contributed by atoms with E-state index in [2.05, 4.69) is 19.6 Å². The molecule has 0 spiro atoms. The van der Waals surface area contributed by atoms with Gasteiger partial charge in [0.05, 0.1) is 26.2 Å². The number of nitrogens with zero attached hydrogens (tertiary/aromatic N) is 4. The first kappa shape index (κ1) is 23.8. The first-order chi connectivity index (χ1) is 12.8. The fraction of sp³-hybridized carbons (Fsp3) is 0.842. The van der Waals surface area contributed by atoms with Gasteiger partial charge in [0.1, 0.15) is 17.3 Å². The Morgan fingerprint density at radius 3 is 1.07 bits per heavy atom. The van der Waals surface area contributed by atoms with Crippen molar-refractivity contribution < 1.29 is 19.5 Å². The summed E-state index contributed by atoms with van der Waals surface area (Å²) in [4.78, 5) is 43.3. The fourth-order valence-corrected chi connectivity index (χ4v) is 3.36. The van der Waals surface area contributed by atoms with Gasteiger partial charge in [0, 0.05) is 58.9 Å². The summed E-state index contributed by atoms with van der Waals surface area (Å²) in [7, 11) is 0. The Balaban J connectivity index is 2.85. The van der Waals surface area contributed by atoms with Gasteiger partial charge >= 0.3 is 0 Å². The smallest absolute Gasteiger partial charge is 0.143 e. The molecule has 0 atom stereocenters. The average molecular weight is 385 g/mol. The van der Waals surface area contributed by atoms with Gasteiger partial charge in [0.25, 0.3) is 0 Å². The second-order valence-electron chi connectivity index (χ2n) is 7.50. The first-order valence-electron chi connectivity index (χ1n) is 9.78. The fourth-order valence-electron chi connectivity index (χ4n) is 3.36. The number of hydrogen-bond donors (Lipinski definition) is 1. The number of carbonyl (C=O) groups excluding carboxylic acids is 3. The number of hydrogen-bond acceptors (Lipinski definition) is 8. The molecule has 0 bridgehead atoms. The number of carbonyl (C=O) groups is 3. The third-order valence-corrected chi connectivity index (χ3v) is 4.68. The molecule has 0 aliphatic carbocycles. The maximum Gasteiger partial charge on any atom is 0.143 e. The van der Waals surface area contributed by atoms with Crippen molar-refractivity contribution in [2.75, 3.05) is 85.1 Å². The summed E-state index contributed by atoms with van der Waals surface area (Å²) < 4.78 is 0. The Bertz CT molecular complexity index is 454. The van der Waals surface area contributed by atoms with Crippen molar-refractivity contribution >= 4 is 17.3 Å². The molecule has 27 heavy (non-hydrogen) atoms. The summed E-state index contributed by atoms with van der Waals surface area (Å²) >= 11 is 0. The molecule has 156 valence electrons. The Hall–Kier alpha value is -1.19. The monoisotopic (exact) mass is 384 g/mol. The standard InChI is InChI=1S/C19H36N4O4/c1-17(25)14-21-6-4-20(12-13-24)5-7-22(15-18(2)26)9-11-23(10-8-21)16-19(3)27/h24H,4-16H2,1-3H3.